The molecule has 3 heteroatoms. The van der Waals surface area contributed by atoms with Gasteiger partial charge in [0.1, 0.15) is 11.5 Å². The van der Waals surface area contributed by atoms with E-state index in [1.165, 1.54) is 11.1 Å². The van der Waals surface area contributed by atoms with Crippen LogP contribution in [0, 0.1) is 13.8 Å². The molecule has 0 aliphatic heterocycles. The van der Waals surface area contributed by atoms with E-state index in [4.69, 9.17) is 0 Å². The molecule has 2 aromatic rings. The summed E-state index contributed by atoms with van der Waals surface area (Å²) in [7, 11) is 0. The molecule has 0 heterocycles. The van der Waals surface area contributed by atoms with E-state index in [-0.39, 0.29) is 0 Å². The summed E-state index contributed by atoms with van der Waals surface area (Å²) in [6.07, 6.45) is 0.927. The SMILES string of the molecule is Cc1cc(CNCCc2ccc(O)cc2)cc(C)c1O. The number of nitrogens with one attached hydrogen (secondary N) is 1. The topological polar surface area (TPSA) is 52.5 Å². The van der Waals surface area contributed by atoms with Gasteiger partial charge in [-0.15, -0.1) is 0 Å². The van der Waals surface area contributed by atoms with Gasteiger partial charge in [0, 0.05) is 6.54 Å². The zero-order valence-electron chi connectivity index (χ0n) is 12.0. The van der Waals surface area contributed by atoms with Crippen molar-refractivity contribution >= 4 is 0 Å². The van der Waals surface area contributed by atoms with Crippen molar-refractivity contribution < 1.29 is 10.2 Å². The molecule has 0 saturated carbocycles. The van der Waals surface area contributed by atoms with Crippen LogP contribution in [0.3, 0.4) is 0 Å². The van der Waals surface area contributed by atoms with Crippen LogP contribution in [0.5, 0.6) is 11.5 Å². The first-order valence-electron chi connectivity index (χ1n) is 6.84. The molecule has 2 rings (SSSR count). The zero-order chi connectivity index (χ0) is 14.5. The lowest BCUT2D eigenvalue weighted by atomic mass is 10.1. The summed E-state index contributed by atoms with van der Waals surface area (Å²) in [5.74, 6) is 0.689. The highest BCUT2D eigenvalue weighted by atomic mass is 16.3. The average Bonchev–Trinajstić information content (AvgIpc) is 2.43. The van der Waals surface area contributed by atoms with Crippen LogP contribution in [0.15, 0.2) is 36.4 Å². The third kappa shape index (κ3) is 3.75. The second kappa shape index (κ2) is 6.44. The molecule has 0 aliphatic rings. The van der Waals surface area contributed by atoms with E-state index in [0.717, 1.165) is 30.6 Å². The first-order chi connectivity index (χ1) is 9.56. The fourth-order valence-electron chi connectivity index (χ4n) is 2.28. The van der Waals surface area contributed by atoms with E-state index < -0.39 is 0 Å². The molecule has 0 bridgehead atoms. The van der Waals surface area contributed by atoms with Crippen molar-refractivity contribution in [1.29, 1.82) is 0 Å². The summed E-state index contributed by atoms with van der Waals surface area (Å²) in [6, 6.07) is 11.3. The fourth-order valence-corrected chi connectivity index (χ4v) is 2.28. The minimum atomic E-state index is 0.303. The zero-order valence-corrected chi connectivity index (χ0v) is 12.0. The van der Waals surface area contributed by atoms with E-state index in [0.29, 0.717) is 11.5 Å². The summed E-state index contributed by atoms with van der Waals surface area (Å²) in [4.78, 5) is 0. The number of hydrogen-bond donors (Lipinski definition) is 3. The lowest BCUT2D eigenvalue weighted by molar-refractivity contribution is 0.466. The van der Waals surface area contributed by atoms with Crippen LogP contribution >= 0.6 is 0 Å². The summed E-state index contributed by atoms with van der Waals surface area (Å²) in [5, 5.41) is 22.3. The lowest BCUT2D eigenvalue weighted by Crippen LogP contribution is -2.16. The van der Waals surface area contributed by atoms with Gasteiger partial charge in [-0.2, -0.15) is 0 Å². The Morgan fingerprint density at radius 1 is 0.900 bits per heavy atom. The molecule has 0 saturated heterocycles. The second-order valence-electron chi connectivity index (χ2n) is 5.17. The summed E-state index contributed by atoms with van der Waals surface area (Å²) < 4.78 is 0. The van der Waals surface area contributed by atoms with Gasteiger partial charge in [0.2, 0.25) is 0 Å². The first kappa shape index (κ1) is 14.4. The monoisotopic (exact) mass is 271 g/mol. The molecule has 2 aromatic carbocycles. The minimum Gasteiger partial charge on any atom is -0.508 e. The Balaban J connectivity index is 1.83. The lowest BCUT2D eigenvalue weighted by Gasteiger charge is -2.09. The Hall–Kier alpha value is -2.00. The Bertz CT molecular complexity index is 553. The molecule has 0 spiro atoms. The maximum absolute atomic E-state index is 9.73. The predicted octanol–water partition coefficient (Wildman–Crippen LogP) is 3.05. The van der Waals surface area contributed by atoms with Crippen molar-refractivity contribution in [1.82, 2.24) is 5.32 Å². The quantitative estimate of drug-likeness (QED) is 0.733. The van der Waals surface area contributed by atoms with Crippen LogP contribution in [0.25, 0.3) is 0 Å². The maximum atomic E-state index is 9.73. The number of aryl methyl sites for hydroxylation is 2. The first-order valence-corrected chi connectivity index (χ1v) is 6.84. The van der Waals surface area contributed by atoms with Crippen LogP contribution in [0.2, 0.25) is 0 Å². The van der Waals surface area contributed by atoms with Crippen molar-refractivity contribution in [3.8, 4) is 11.5 Å². The third-order valence-corrected chi connectivity index (χ3v) is 3.41. The smallest absolute Gasteiger partial charge is 0.121 e. The highest BCUT2D eigenvalue weighted by Crippen LogP contribution is 2.22. The molecule has 0 aliphatic carbocycles. The van der Waals surface area contributed by atoms with Gasteiger partial charge in [-0.05, 0) is 61.2 Å². The second-order valence-corrected chi connectivity index (χ2v) is 5.17. The van der Waals surface area contributed by atoms with Crippen LogP contribution < -0.4 is 5.32 Å². The van der Waals surface area contributed by atoms with Gasteiger partial charge in [0.15, 0.2) is 0 Å². The van der Waals surface area contributed by atoms with Gasteiger partial charge in [0.05, 0.1) is 0 Å². The molecule has 20 heavy (non-hydrogen) atoms. The Kier molecular flexibility index (Phi) is 4.64. The third-order valence-electron chi connectivity index (χ3n) is 3.41. The molecule has 0 atom stereocenters. The van der Waals surface area contributed by atoms with E-state index in [1.807, 2.05) is 38.1 Å². The van der Waals surface area contributed by atoms with Gasteiger partial charge >= 0.3 is 0 Å². The Labute approximate surface area is 119 Å². The molecule has 0 aromatic heterocycles. The van der Waals surface area contributed by atoms with Crippen molar-refractivity contribution in [3.05, 3.63) is 58.7 Å². The van der Waals surface area contributed by atoms with Crippen LogP contribution in [-0.4, -0.2) is 16.8 Å². The Morgan fingerprint density at radius 2 is 1.50 bits per heavy atom. The fraction of sp³-hybridized carbons (Fsp3) is 0.294. The van der Waals surface area contributed by atoms with Gasteiger partial charge in [-0.25, -0.2) is 0 Å². The minimum absolute atomic E-state index is 0.303. The molecular formula is C17H21NO2. The van der Waals surface area contributed by atoms with Crippen LogP contribution in [-0.2, 0) is 13.0 Å². The molecule has 3 nitrogen and oxygen atoms in total. The van der Waals surface area contributed by atoms with Crippen LogP contribution in [0.1, 0.15) is 22.3 Å². The maximum Gasteiger partial charge on any atom is 0.121 e. The number of phenolic OH excluding ortho intramolecular Hbond substituents is 2. The standard InChI is InChI=1S/C17H21NO2/c1-12-9-15(10-13(2)17(12)20)11-18-8-7-14-3-5-16(19)6-4-14/h3-6,9-10,18-20H,7-8,11H2,1-2H3. The average molecular weight is 271 g/mol. The largest absolute Gasteiger partial charge is 0.508 e. The molecule has 106 valence electrons. The summed E-state index contributed by atoms with van der Waals surface area (Å²) in [5.41, 5.74) is 4.22. The number of benzene rings is 2. The van der Waals surface area contributed by atoms with E-state index in [9.17, 15) is 10.2 Å². The highest BCUT2D eigenvalue weighted by Gasteiger charge is 2.03. The van der Waals surface area contributed by atoms with E-state index in [1.54, 1.807) is 12.1 Å². The van der Waals surface area contributed by atoms with Crippen molar-refractivity contribution in [2.24, 2.45) is 0 Å². The number of phenols is 2. The predicted molar refractivity (Wildman–Crippen MR) is 81.1 cm³/mol. The van der Waals surface area contributed by atoms with Gasteiger partial charge in [-0.3, -0.25) is 0 Å². The molecule has 3 N–H and O–H groups in total. The molecule has 0 amide bonds. The van der Waals surface area contributed by atoms with Crippen LogP contribution in [0.4, 0.5) is 0 Å². The normalized spacial score (nSPS) is 10.7. The number of hydrogen-bond acceptors (Lipinski definition) is 3. The summed E-state index contributed by atoms with van der Waals surface area (Å²) >= 11 is 0. The van der Waals surface area contributed by atoms with Crippen molar-refractivity contribution in [2.75, 3.05) is 6.54 Å². The molecule has 0 fully saturated rings. The van der Waals surface area contributed by atoms with E-state index in [2.05, 4.69) is 5.32 Å². The number of aromatic hydroxyl groups is 2. The summed E-state index contributed by atoms with van der Waals surface area (Å²) in [6.45, 7) is 5.51. The number of rotatable bonds is 5. The van der Waals surface area contributed by atoms with E-state index >= 15 is 0 Å². The Morgan fingerprint density at radius 3 is 2.10 bits per heavy atom. The highest BCUT2D eigenvalue weighted by molar-refractivity contribution is 5.42. The van der Waals surface area contributed by atoms with Gasteiger partial charge in [-0.1, -0.05) is 24.3 Å². The van der Waals surface area contributed by atoms with Gasteiger partial charge in [0.25, 0.3) is 0 Å². The van der Waals surface area contributed by atoms with Gasteiger partial charge < -0.3 is 15.5 Å². The van der Waals surface area contributed by atoms with Crippen molar-refractivity contribution in [3.63, 3.8) is 0 Å². The molecule has 0 unspecified atom stereocenters. The molecule has 0 radical (unpaired) electrons. The molecular weight excluding hydrogens is 250 g/mol. The van der Waals surface area contributed by atoms with Crippen molar-refractivity contribution in [2.45, 2.75) is 26.8 Å².